The second-order valence-electron chi connectivity index (χ2n) is 10.3. The van der Waals surface area contributed by atoms with E-state index in [0.29, 0.717) is 0 Å². The van der Waals surface area contributed by atoms with Gasteiger partial charge >= 0.3 is 65.2 Å². The normalized spacial score (nSPS) is 9.47. The number of hydrogen-bond acceptors (Lipinski definition) is 0. The third kappa shape index (κ3) is 11.6. The molecule has 0 saturated heterocycles. The average molecular weight is 764 g/mol. The number of benzene rings is 3. The molecule has 0 fully saturated rings. The fourth-order valence-electron chi connectivity index (χ4n) is 6.20. The minimum absolute atomic E-state index is 0. The third-order valence-electron chi connectivity index (χ3n) is 8.28. The summed E-state index contributed by atoms with van der Waals surface area (Å²) < 4.78 is 0. The third-order valence-corrected chi connectivity index (χ3v) is 8.28. The molecule has 45 heavy (non-hydrogen) atoms. The summed E-state index contributed by atoms with van der Waals surface area (Å²) in [7, 11) is 0. The van der Waals surface area contributed by atoms with Crippen molar-refractivity contribution < 1.29 is 102 Å². The van der Waals surface area contributed by atoms with E-state index in [1.54, 1.807) is 0 Å². The zero-order chi connectivity index (χ0) is 27.8. The van der Waals surface area contributed by atoms with E-state index in [4.69, 9.17) is 0 Å². The standard InChI is InChI=1S/3C13H15.3ClH.3Ti/c3*1-3-10-8-9-11-6-5-7-13(11)12(10)4-2;;;;;;/h3*5-9H,3-4H2,1-2H3;3*1H;;;/q3*-1;;;;3*+2/p-3. The van der Waals surface area contributed by atoms with Crippen molar-refractivity contribution in [3.05, 3.63) is 124 Å². The Hall–Kier alpha value is -0.497. The Morgan fingerprint density at radius 3 is 0.800 bits per heavy atom. The summed E-state index contributed by atoms with van der Waals surface area (Å²) in [6, 6.07) is 33.2. The molecule has 0 N–H and O–H groups in total. The Balaban J connectivity index is -0.000000551. The zero-order valence-electron chi connectivity index (χ0n) is 27.5. The van der Waals surface area contributed by atoms with E-state index in [2.05, 4.69) is 133 Å². The first-order valence-corrected chi connectivity index (χ1v) is 15.1. The molecule has 6 heteroatoms. The maximum atomic E-state index is 2.27. The summed E-state index contributed by atoms with van der Waals surface area (Å²) in [5, 5.41) is 8.49. The van der Waals surface area contributed by atoms with Gasteiger partial charge in [0.05, 0.1) is 0 Å². The summed E-state index contributed by atoms with van der Waals surface area (Å²) in [5.74, 6) is 0. The number of rotatable bonds is 6. The van der Waals surface area contributed by atoms with E-state index in [1.807, 2.05) is 0 Å². The van der Waals surface area contributed by atoms with E-state index in [-0.39, 0.29) is 102 Å². The van der Waals surface area contributed by atoms with Gasteiger partial charge in [0, 0.05) is 0 Å². The molecule has 234 valence electrons. The van der Waals surface area contributed by atoms with Gasteiger partial charge < -0.3 is 37.2 Å². The molecule has 0 amide bonds. The predicted octanol–water partition coefficient (Wildman–Crippen LogP) is 2.06. The van der Waals surface area contributed by atoms with Crippen molar-refractivity contribution in [2.75, 3.05) is 0 Å². The van der Waals surface area contributed by atoms with Crippen molar-refractivity contribution in [2.45, 2.75) is 80.1 Å². The van der Waals surface area contributed by atoms with Crippen LogP contribution < -0.4 is 37.2 Å². The van der Waals surface area contributed by atoms with Gasteiger partial charge in [0.25, 0.3) is 0 Å². The molecule has 0 atom stereocenters. The molecule has 0 radical (unpaired) electrons. The van der Waals surface area contributed by atoms with E-state index in [9.17, 15) is 0 Å². The molecule has 0 nitrogen and oxygen atoms in total. The molecule has 0 aliphatic rings. The number of fused-ring (bicyclic) bond motifs is 3. The number of aryl methyl sites for hydroxylation is 6. The average Bonchev–Trinajstić information content (AvgIpc) is 3.76. The van der Waals surface area contributed by atoms with Crippen molar-refractivity contribution in [3.8, 4) is 0 Å². The van der Waals surface area contributed by atoms with Crippen LogP contribution in [0.1, 0.15) is 74.9 Å². The van der Waals surface area contributed by atoms with E-state index in [0.717, 1.165) is 38.5 Å². The first-order valence-electron chi connectivity index (χ1n) is 15.1. The smallest absolute Gasteiger partial charge is 1.00 e. The maximum absolute atomic E-state index is 2.27. The second kappa shape index (κ2) is 24.6. The van der Waals surface area contributed by atoms with Crippen LogP contribution in [-0.2, 0) is 104 Å². The molecule has 6 aromatic rings. The first-order chi connectivity index (χ1) is 19.1. The minimum atomic E-state index is 0. The van der Waals surface area contributed by atoms with Crippen LogP contribution >= 0.6 is 0 Å². The van der Waals surface area contributed by atoms with Gasteiger partial charge in [-0.05, 0) is 38.5 Å². The Morgan fingerprint density at radius 2 is 0.600 bits per heavy atom. The van der Waals surface area contributed by atoms with Crippen LogP contribution in [0.2, 0.25) is 0 Å². The fourth-order valence-corrected chi connectivity index (χ4v) is 6.20. The van der Waals surface area contributed by atoms with Crippen LogP contribution in [0.25, 0.3) is 32.3 Å². The van der Waals surface area contributed by atoms with Gasteiger partial charge in [0.15, 0.2) is 0 Å². The van der Waals surface area contributed by atoms with Crippen LogP contribution in [0.15, 0.2) is 91.0 Å². The van der Waals surface area contributed by atoms with Gasteiger partial charge in [-0.1, -0.05) is 74.9 Å². The minimum Gasteiger partial charge on any atom is -1.00 e. The molecule has 0 spiro atoms. The Labute approximate surface area is 335 Å². The molecule has 0 saturated carbocycles. The predicted molar refractivity (Wildman–Crippen MR) is 175 cm³/mol. The van der Waals surface area contributed by atoms with Crippen LogP contribution in [-0.4, -0.2) is 0 Å². The maximum Gasteiger partial charge on any atom is 2.00 e. The molecule has 0 aromatic heterocycles. The molecule has 0 heterocycles. The fraction of sp³-hybridized carbons (Fsp3) is 0.308. The summed E-state index contributed by atoms with van der Waals surface area (Å²) in [6.07, 6.45) is 6.86. The molecule has 6 rings (SSSR count). The molecule has 0 unspecified atom stereocenters. The molecular weight excluding hydrogens is 718 g/mol. The first kappa shape index (κ1) is 48.9. The monoisotopic (exact) mass is 762 g/mol. The van der Waals surface area contributed by atoms with E-state index in [1.165, 1.54) is 65.7 Å². The summed E-state index contributed by atoms with van der Waals surface area (Å²) in [4.78, 5) is 0. The molecule has 0 aliphatic heterocycles. The molecule has 6 aromatic carbocycles. The topological polar surface area (TPSA) is 0 Å². The van der Waals surface area contributed by atoms with Gasteiger partial charge in [0.2, 0.25) is 0 Å². The largest absolute Gasteiger partial charge is 2.00 e. The van der Waals surface area contributed by atoms with Crippen LogP contribution in [0.5, 0.6) is 0 Å². The second-order valence-corrected chi connectivity index (χ2v) is 10.3. The molecule has 0 bridgehead atoms. The van der Waals surface area contributed by atoms with Gasteiger partial charge in [0.1, 0.15) is 0 Å². The Bertz CT molecular complexity index is 1450. The summed E-state index contributed by atoms with van der Waals surface area (Å²) in [5.41, 5.74) is 9.10. The van der Waals surface area contributed by atoms with Gasteiger partial charge in [-0.15, -0.1) is 86.9 Å². The van der Waals surface area contributed by atoms with E-state index < -0.39 is 0 Å². The number of halogens is 3. The van der Waals surface area contributed by atoms with Crippen molar-refractivity contribution in [2.24, 2.45) is 0 Å². The Kier molecular flexibility index (Phi) is 26.7. The zero-order valence-corrected chi connectivity index (χ0v) is 34.5. The van der Waals surface area contributed by atoms with Crippen LogP contribution in [0, 0.1) is 0 Å². The molecular formula is C39H45Cl3Ti3. The van der Waals surface area contributed by atoms with Gasteiger partial charge in [-0.25, -0.2) is 0 Å². The van der Waals surface area contributed by atoms with Crippen molar-refractivity contribution in [1.29, 1.82) is 0 Å². The van der Waals surface area contributed by atoms with Crippen molar-refractivity contribution in [3.63, 3.8) is 0 Å². The summed E-state index contributed by atoms with van der Waals surface area (Å²) >= 11 is 0. The van der Waals surface area contributed by atoms with Crippen molar-refractivity contribution in [1.82, 2.24) is 0 Å². The van der Waals surface area contributed by atoms with Gasteiger partial charge in [-0.2, -0.15) is 36.4 Å². The number of hydrogen-bond donors (Lipinski definition) is 0. The van der Waals surface area contributed by atoms with Crippen LogP contribution in [0.4, 0.5) is 0 Å². The summed E-state index contributed by atoms with van der Waals surface area (Å²) in [6.45, 7) is 13.4. The van der Waals surface area contributed by atoms with Crippen molar-refractivity contribution >= 4 is 32.3 Å². The Morgan fingerprint density at radius 1 is 0.356 bits per heavy atom. The van der Waals surface area contributed by atoms with Crippen LogP contribution in [0.3, 0.4) is 0 Å². The quantitative estimate of drug-likeness (QED) is 0.180. The van der Waals surface area contributed by atoms with E-state index >= 15 is 0 Å². The molecule has 0 aliphatic carbocycles. The van der Waals surface area contributed by atoms with Gasteiger partial charge in [-0.3, -0.25) is 0 Å². The SMILES string of the molecule is CCc1ccc2[cH-]ccc2c1CC.CCc1ccc2[cH-]ccc2c1CC.CCc1ccc2[cH-]ccc2c1CC.[Cl-].[Cl-].[Cl-].[Ti+2].[Ti+2].[Ti+2].